The summed E-state index contributed by atoms with van der Waals surface area (Å²) in [6.45, 7) is 3.44. The van der Waals surface area contributed by atoms with E-state index < -0.39 is 15.2 Å². The maximum absolute atomic E-state index is 11.9. The number of nitrogens with one attached hydrogen (secondary N) is 1. The molecule has 0 amide bonds. The van der Waals surface area contributed by atoms with Crippen LogP contribution in [0.15, 0.2) is 12.4 Å². The summed E-state index contributed by atoms with van der Waals surface area (Å²) < 4.78 is 23.7. The fourth-order valence-corrected chi connectivity index (χ4v) is 4.81. The van der Waals surface area contributed by atoms with Crippen molar-refractivity contribution < 1.29 is 8.42 Å². The summed E-state index contributed by atoms with van der Waals surface area (Å²) >= 11 is 1.66. The first-order chi connectivity index (χ1) is 9.02. The standard InChI is InChI=1S/C11H18N4O2S2/c1-3-12-9-6-10(14-8-13-9)15-4-5-18-7-11(15)19(2,16)17/h6,8,11H,3-5,7H2,1-2H3,(H,12,13,14). The van der Waals surface area contributed by atoms with Gasteiger partial charge in [-0.15, -0.1) is 0 Å². The number of hydrogen-bond donors (Lipinski definition) is 1. The Kier molecular flexibility index (Phi) is 4.51. The summed E-state index contributed by atoms with van der Waals surface area (Å²) in [6, 6.07) is 1.80. The SMILES string of the molecule is CCNc1cc(N2CCSCC2S(C)(=O)=O)ncn1. The smallest absolute Gasteiger partial charge is 0.169 e. The predicted molar refractivity (Wildman–Crippen MR) is 79.5 cm³/mol. The molecular formula is C11H18N4O2S2. The van der Waals surface area contributed by atoms with Crippen molar-refractivity contribution in [3.8, 4) is 0 Å². The zero-order chi connectivity index (χ0) is 13.9. The molecule has 1 atom stereocenters. The molecule has 106 valence electrons. The van der Waals surface area contributed by atoms with Crippen molar-refractivity contribution in [3.63, 3.8) is 0 Å². The van der Waals surface area contributed by atoms with Crippen LogP contribution < -0.4 is 10.2 Å². The van der Waals surface area contributed by atoms with E-state index in [2.05, 4.69) is 15.3 Å². The molecule has 2 heterocycles. The molecule has 8 heteroatoms. The number of aromatic nitrogens is 2. The van der Waals surface area contributed by atoms with E-state index in [0.717, 1.165) is 18.1 Å². The van der Waals surface area contributed by atoms with Crippen LogP contribution in [-0.4, -0.2) is 54.6 Å². The summed E-state index contributed by atoms with van der Waals surface area (Å²) in [5.74, 6) is 2.88. The van der Waals surface area contributed by atoms with Crippen LogP contribution in [0, 0.1) is 0 Å². The Morgan fingerprint density at radius 2 is 2.32 bits per heavy atom. The third kappa shape index (κ3) is 3.50. The number of thioether (sulfide) groups is 1. The van der Waals surface area contributed by atoms with Gasteiger partial charge in [0.25, 0.3) is 0 Å². The minimum Gasteiger partial charge on any atom is -0.370 e. The Bertz CT molecular complexity index is 535. The largest absolute Gasteiger partial charge is 0.370 e. The Balaban J connectivity index is 2.29. The first-order valence-corrected chi connectivity index (χ1v) is 9.22. The first kappa shape index (κ1) is 14.4. The van der Waals surface area contributed by atoms with Gasteiger partial charge in [-0.2, -0.15) is 11.8 Å². The van der Waals surface area contributed by atoms with Crippen molar-refractivity contribution in [1.82, 2.24) is 9.97 Å². The Morgan fingerprint density at radius 1 is 1.53 bits per heavy atom. The number of nitrogens with zero attached hydrogens (tertiary/aromatic N) is 3. The molecule has 1 saturated heterocycles. The lowest BCUT2D eigenvalue weighted by Gasteiger charge is -2.34. The van der Waals surface area contributed by atoms with Gasteiger partial charge in [-0.25, -0.2) is 18.4 Å². The Morgan fingerprint density at radius 3 is 3.00 bits per heavy atom. The molecule has 0 aromatic carbocycles. The summed E-state index contributed by atoms with van der Waals surface area (Å²) in [5, 5.41) is 2.60. The van der Waals surface area contributed by atoms with Crippen LogP contribution in [-0.2, 0) is 9.84 Å². The van der Waals surface area contributed by atoms with E-state index in [0.29, 0.717) is 18.1 Å². The monoisotopic (exact) mass is 302 g/mol. The number of anilines is 2. The molecule has 1 aromatic rings. The van der Waals surface area contributed by atoms with Crippen LogP contribution in [0.25, 0.3) is 0 Å². The third-order valence-corrected chi connectivity index (χ3v) is 5.53. The highest BCUT2D eigenvalue weighted by atomic mass is 32.2. The topological polar surface area (TPSA) is 75.2 Å². The first-order valence-electron chi connectivity index (χ1n) is 6.11. The molecular weight excluding hydrogens is 284 g/mol. The molecule has 1 unspecified atom stereocenters. The summed E-state index contributed by atoms with van der Waals surface area (Å²) in [6.07, 6.45) is 2.75. The van der Waals surface area contributed by atoms with E-state index in [9.17, 15) is 8.42 Å². The van der Waals surface area contributed by atoms with E-state index in [1.54, 1.807) is 17.8 Å². The Hall–Kier alpha value is -1.02. The maximum Gasteiger partial charge on any atom is 0.169 e. The fraction of sp³-hybridized carbons (Fsp3) is 0.636. The number of sulfone groups is 1. The van der Waals surface area contributed by atoms with E-state index in [1.807, 2.05) is 11.8 Å². The van der Waals surface area contributed by atoms with Gasteiger partial charge in [0.15, 0.2) is 9.84 Å². The van der Waals surface area contributed by atoms with Crippen molar-refractivity contribution in [3.05, 3.63) is 12.4 Å². The quantitative estimate of drug-likeness (QED) is 0.883. The minimum absolute atomic E-state index is 0.504. The lowest BCUT2D eigenvalue weighted by atomic mass is 10.4. The van der Waals surface area contributed by atoms with Crippen LogP contribution >= 0.6 is 11.8 Å². The number of hydrogen-bond acceptors (Lipinski definition) is 7. The molecule has 2 rings (SSSR count). The van der Waals surface area contributed by atoms with Gasteiger partial charge in [-0.3, -0.25) is 0 Å². The second-order valence-electron chi connectivity index (χ2n) is 4.34. The summed E-state index contributed by atoms with van der Waals surface area (Å²) in [5.41, 5.74) is 0. The normalized spacial score (nSPS) is 20.3. The van der Waals surface area contributed by atoms with Gasteiger partial charge in [0, 0.05) is 36.9 Å². The lowest BCUT2D eigenvalue weighted by Crippen LogP contribution is -2.47. The highest BCUT2D eigenvalue weighted by Gasteiger charge is 2.31. The van der Waals surface area contributed by atoms with Gasteiger partial charge in [0.2, 0.25) is 0 Å². The van der Waals surface area contributed by atoms with Crippen molar-refractivity contribution >= 4 is 33.2 Å². The molecule has 1 aromatic heterocycles. The van der Waals surface area contributed by atoms with E-state index in [1.165, 1.54) is 12.6 Å². The van der Waals surface area contributed by atoms with E-state index in [-0.39, 0.29) is 0 Å². The van der Waals surface area contributed by atoms with Crippen molar-refractivity contribution in [2.45, 2.75) is 12.3 Å². The molecule has 0 saturated carbocycles. The molecule has 1 aliphatic heterocycles. The molecule has 1 fully saturated rings. The molecule has 19 heavy (non-hydrogen) atoms. The van der Waals surface area contributed by atoms with Crippen LogP contribution in [0.2, 0.25) is 0 Å². The average Bonchev–Trinajstić information content (AvgIpc) is 2.38. The van der Waals surface area contributed by atoms with Crippen molar-refractivity contribution in [2.24, 2.45) is 0 Å². The molecule has 0 bridgehead atoms. The van der Waals surface area contributed by atoms with Gasteiger partial charge in [-0.1, -0.05) is 0 Å². The Labute approximate surface area is 117 Å². The van der Waals surface area contributed by atoms with Crippen LogP contribution in [0.1, 0.15) is 6.92 Å². The molecule has 6 nitrogen and oxygen atoms in total. The predicted octanol–water partition coefficient (Wildman–Crippen LogP) is 0.832. The minimum atomic E-state index is -3.12. The van der Waals surface area contributed by atoms with Crippen molar-refractivity contribution in [1.29, 1.82) is 0 Å². The van der Waals surface area contributed by atoms with Gasteiger partial charge < -0.3 is 10.2 Å². The second-order valence-corrected chi connectivity index (χ2v) is 7.70. The molecule has 0 spiro atoms. The number of rotatable bonds is 4. The second kappa shape index (κ2) is 5.96. The fourth-order valence-electron chi connectivity index (χ4n) is 1.98. The highest BCUT2D eigenvalue weighted by Crippen LogP contribution is 2.26. The summed E-state index contributed by atoms with van der Waals surface area (Å²) in [7, 11) is -3.12. The lowest BCUT2D eigenvalue weighted by molar-refractivity contribution is 0.583. The van der Waals surface area contributed by atoms with Crippen LogP contribution in [0.5, 0.6) is 0 Å². The zero-order valence-electron chi connectivity index (χ0n) is 11.0. The van der Waals surface area contributed by atoms with Crippen LogP contribution in [0.3, 0.4) is 0 Å². The molecule has 1 N–H and O–H groups in total. The van der Waals surface area contributed by atoms with Gasteiger partial charge >= 0.3 is 0 Å². The van der Waals surface area contributed by atoms with E-state index >= 15 is 0 Å². The van der Waals surface area contributed by atoms with Gasteiger partial charge in [0.05, 0.1) is 0 Å². The molecule has 1 aliphatic rings. The zero-order valence-corrected chi connectivity index (χ0v) is 12.7. The molecule has 0 aliphatic carbocycles. The van der Waals surface area contributed by atoms with Crippen molar-refractivity contribution in [2.75, 3.05) is 41.1 Å². The third-order valence-electron chi connectivity index (χ3n) is 2.88. The molecule has 0 radical (unpaired) electrons. The van der Waals surface area contributed by atoms with Crippen LogP contribution in [0.4, 0.5) is 11.6 Å². The summed E-state index contributed by atoms with van der Waals surface area (Å²) in [4.78, 5) is 10.2. The highest BCUT2D eigenvalue weighted by molar-refractivity contribution is 8.01. The maximum atomic E-state index is 11.9. The van der Waals surface area contributed by atoms with Gasteiger partial charge in [-0.05, 0) is 6.92 Å². The van der Waals surface area contributed by atoms with Gasteiger partial charge in [0.1, 0.15) is 23.3 Å². The average molecular weight is 302 g/mol. The van der Waals surface area contributed by atoms with E-state index in [4.69, 9.17) is 0 Å².